The molecule has 2 amide bonds. The van der Waals surface area contributed by atoms with Gasteiger partial charge in [-0.3, -0.25) is 0 Å². The highest BCUT2D eigenvalue weighted by molar-refractivity contribution is 5.87. The van der Waals surface area contributed by atoms with Gasteiger partial charge >= 0.3 is 12.0 Å². The number of rotatable bonds is 3. The van der Waals surface area contributed by atoms with E-state index in [9.17, 15) is 14.7 Å². The van der Waals surface area contributed by atoms with E-state index in [-0.39, 0.29) is 24.3 Å². The number of urea groups is 1. The van der Waals surface area contributed by atoms with Gasteiger partial charge in [-0.15, -0.1) is 0 Å². The Bertz CT molecular complexity index is 427. The lowest BCUT2D eigenvalue weighted by atomic mass is 9.93. The first-order chi connectivity index (χ1) is 9.56. The second-order valence-electron chi connectivity index (χ2n) is 6.11. The first-order valence-electron chi connectivity index (χ1n) is 7.54. The Morgan fingerprint density at radius 1 is 1.45 bits per heavy atom. The molecule has 2 N–H and O–H groups in total. The lowest BCUT2D eigenvalue weighted by Gasteiger charge is -2.35. The first-order valence-corrected chi connectivity index (χ1v) is 7.54. The molecule has 3 rings (SSSR count). The van der Waals surface area contributed by atoms with Crippen LogP contribution in [0.25, 0.3) is 0 Å². The van der Waals surface area contributed by atoms with Crippen LogP contribution in [0, 0.1) is 0 Å². The number of aliphatic carboxylic acids is 1. The lowest BCUT2D eigenvalue weighted by Crippen LogP contribution is -2.58. The maximum Gasteiger partial charge on any atom is 0.329 e. The minimum absolute atomic E-state index is 0.0465. The molecule has 20 heavy (non-hydrogen) atoms. The quantitative estimate of drug-likeness (QED) is 0.819. The minimum atomic E-state index is -1.03. The van der Waals surface area contributed by atoms with Crippen LogP contribution in [-0.2, 0) is 9.53 Å². The Morgan fingerprint density at radius 3 is 2.80 bits per heavy atom. The standard InChI is InChI=1S/C14H22N2O4/c1-2-14(12(17)18)6-3-7-16(14)13(19)15-10-8-9-4-5-11(10)20-9/h9-11H,2-8H2,1H3,(H,15,19)(H,17,18). The summed E-state index contributed by atoms with van der Waals surface area (Å²) in [6, 6.07) is -0.196. The number of ether oxygens (including phenoxy) is 1. The van der Waals surface area contributed by atoms with Gasteiger partial charge in [-0.05, 0) is 38.5 Å². The van der Waals surface area contributed by atoms with Crippen LogP contribution < -0.4 is 5.32 Å². The Balaban J connectivity index is 1.68. The largest absolute Gasteiger partial charge is 0.479 e. The maximum absolute atomic E-state index is 12.5. The predicted molar refractivity (Wildman–Crippen MR) is 71.4 cm³/mol. The van der Waals surface area contributed by atoms with E-state index in [0.29, 0.717) is 19.4 Å². The summed E-state index contributed by atoms with van der Waals surface area (Å²) in [5.41, 5.74) is -1.03. The highest BCUT2D eigenvalue weighted by atomic mass is 16.5. The molecule has 3 aliphatic rings. The van der Waals surface area contributed by atoms with Crippen LogP contribution in [0.15, 0.2) is 0 Å². The molecule has 0 aromatic rings. The zero-order valence-corrected chi connectivity index (χ0v) is 11.8. The normalized spacial score (nSPS) is 39.2. The van der Waals surface area contributed by atoms with Gasteiger partial charge in [-0.25, -0.2) is 9.59 Å². The van der Waals surface area contributed by atoms with Gasteiger partial charge in [0.05, 0.1) is 18.2 Å². The molecule has 0 radical (unpaired) electrons. The number of carbonyl (C=O) groups excluding carboxylic acids is 1. The number of nitrogens with one attached hydrogen (secondary N) is 1. The molecule has 3 aliphatic heterocycles. The molecule has 6 nitrogen and oxygen atoms in total. The summed E-state index contributed by atoms with van der Waals surface area (Å²) in [5.74, 6) is -0.892. The third-order valence-corrected chi connectivity index (χ3v) is 5.13. The summed E-state index contributed by atoms with van der Waals surface area (Å²) in [7, 11) is 0. The van der Waals surface area contributed by atoms with Crippen molar-refractivity contribution < 1.29 is 19.4 Å². The molecule has 3 fully saturated rings. The third-order valence-electron chi connectivity index (χ3n) is 5.13. The van der Waals surface area contributed by atoms with E-state index in [1.807, 2.05) is 6.92 Å². The molecule has 0 aromatic heterocycles. The van der Waals surface area contributed by atoms with E-state index in [4.69, 9.17) is 4.74 Å². The van der Waals surface area contributed by atoms with Crippen molar-refractivity contribution in [1.82, 2.24) is 10.2 Å². The van der Waals surface area contributed by atoms with Crippen molar-refractivity contribution in [2.24, 2.45) is 0 Å². The number of hydrogen-bond acceptors (Lipinski definition) is 3. The van der Waals surface area contributed by atoms with E-state index in [1.54, 1.807) is 0 Å². The van der Waals surface area contributed by atoms with E-state index < -0.39 is 11.5 Å². The highest BCUT2D eigenvalue weighted by Crippen LogP contribution is 2.36. The van der Waals surface area contributed by atoms with Gasteiger partial charge in [0.2, 0.25) is 0 Å². The highest BCUT2D eigenvalue weighted by Gasteiger charge is 2.50. The van der Waals surface area contributed by atoms with Crippen molar-refractivity contribution in [3.05, 3.63) is 0 Å². The fourth-order valence-electron chi connectivity index (χ4n) is 3.94. The Labute approximate surface area is 118 Å². The molecule has 3 heterocycles. The minimum Gasteiger partial charge on any atom is -0.479 e. The van der Waals surface area contributed by atoms with Gasteiger partial charge in [-0.2, -0.15) is 0 Å². The zero-order valence-electron chi connectivity index (χ0n) is 11.8. The number of carboxylic acid groups (broad SMARTS) is 1. The van der Waals surface area contributed by atoms with E-state index >= 15 is 0 Å². The molecular formula is C14H22N2O4. The van der Waals surface area contributed by atoms with E-state index in [2.05, 4.69) is 5.32 Å². The van der Waals surface area contributed by atoms with Crippen LogP contribution in [0.4, 0.5) is 4.79 Å². The molecule has 0 saturated carbocycles. The SMILES string of the molecule is CCC1(C(=O)O)CCCN1C(=O)NC1CC2CCC1O2. The van der Waals surface area contributed by atoms with E-state index in [1.165, 1.54) is 4.90 Å². The molecule has 2 bridgehead atoms. The van der Waals surface area contributed by atoms with Crippen molar-refractivity contribution in [3.63, 3.8) is 0 Å². The maximum atomic E-state index is 12.5. The Morgan fingerprint density at radius 2 is 2.25 bits per heavy atom. The summed E-state index contributed by atoms with van der Waals surface area (Å²) in [6.07, 6.45) is 5.06. The van der Waals surface area contributed by atoms with Gasteiger partial charge in [0.25, 0.3) is 0 Å². The monoisotopic (exact) mass is 282 g/mol. The fraction of sp³-hybridized carbons (Fsp3) is 0.857. The van der Waals surface area contributed by atoms with Crippen LogP contribution in [0.1, 0.15) is 45.4 Å². The van der Waals surface area contributed by atoms with Gasteiger partial charge in [0, 0.05) is 6.54 Å². The van der Waals surface area contributed by atoms with Gasteiger partial charge < -0.3 is 20.1 Å². The average molecular weight is 282 g/mol. The van der Waals surface area contributed by atoms with Crippen molar-refractivity contribution in [1.29, 1.82) is 0 Å². The second-order valence-corrected chi connectivity index (χ2v) is 6.11. The summed E-state index contributed by atoms with van der Waals surface area (Å²) >= 11 is 0. The van der Waals surface area contributed by atoms with Crippen LogP contribution >= 0.6 is 0 Å². The van der Waals surface area contributed by atoms with Crippen LogP contribution in [0.5, 0.6) is 0 Å². The molecule has 4 atom stereocenters. The van der Waals surface area contributed by atoms with Crippen molar-refractivity contribution >= 4 is 12.0 Å². The second kappa shape index (κ2) is 4.91. The summed E-state index contributed by atoms with van der Waals surface area (Å²) in [6.45, 7) is 2.36. The number of amides is 2. The van der Waals surface area contributed by atoms with Crippen molar-refractivity contribution in [3.8, 4) is 0 Å². The zero-order chi connectivity index (χ0) is 14.3. The van der Waals surface area contributed by atoms with Crippen molar-refractivity contribution in [2.75, 3.05) is 6.54 Å². The van der Waals surface area contributed by atoms with Crippen LogP contribution in [0.3, 0.4) is 0 Å². The smallest absolute Gasteiger partial charge is 0.329 e. The van der Waals surface area contributed by atoms with Crippen LogP contribution in [0.2, 0.25) is 0 Å². The predicted octanol–water partition coefficient (Wildman–Crippen LogP) is 1.35. The number of carboxylic acids is 1. The number of hydrogen-bond donors (Lipinski definition) is 2. The number of likely N-dealkylation sites (tertiary alicyclic amines) is 1. The number of nitrogens with zero attached hydrogens (tertiary/aromatic N) is 1. The van der Waals surface area contributed by atoms with Crippen molar-refractivity contribution in [2.45, 2.75) is 69.2 Å². The molecule has 0 spiro atoms. The third kappa shape index (κ3) is 1.97. The Hall–Kier alpha value is -1.30. The summed E-state index contributed by atoms with van der Waals surface area (Å²) < 4.78 is 5.72. The van der Waals surface area contributed by atoms with E-state index in [0.717, 1.165) is 25.7 Å². The van der Waals surface area contributed by atoms with Gasteiger partial charge in [0.15, 0.2) is 0 Å². The number of fused-ring (bicyclic) bond motifs is 2. The van der Waals surface area contributed by atoms with Gasteiger partial charge in [0.1, 0.15) is 5.54 Å². The first kappa shape index (κ1) is 13.7. The summed E-state index contributed by atoms with van der Waals surface area (Å²) in [4.78, 5) is 25.6. The topological polar surface area (TPSA) is 78.9 Å². The number of carbonyl (C=O) groups is 2. The molecule has 3 saturated heterocycles. The van der Waals surface area contributed by atoms with Crippen LogP contribution in [-0.4, -0.2) is 52.3 Å². The molecule has 6 heteroatoms. The molecule has 0 aromatic carbocycles. The Kier molecular flexibility index (Phi) is 3.36. The van der Waals surface area contributed by atoms with Gasteiger partial charge in [-0.1, -0.05) is 6.92 Å². The average Bonchev–Trinajstić information content (AvgIpc) is 3.13. The molecule has 4 unspecified atom stereocenters. The lowest BCUT2D eigenvalue weighted by molar-refractivity contribution is -0.148. The molecule has 0 aliphatic carbocycles. The molecular weight excluding hydrogens is 260 g/mol. The summed E-state index contributed by atoms with van der Waals surface area (Å²) in [5, 5.41) is 12.5. The molecule has 112 valence electrons. The fourth-order valence-corrected chi connectivity index (χ4v) is 3.94.